The molecule has 2 atom stereocenters. The molecule has 0 aromatic rings. The molecule has 1 aliphatic rings. The van der Waals surface area contributed by atoms with Gasteiger partial charge in [-0.3, -0.25) is 4.90 Å². The lowest BCUT2D eigenvalue weighted by Crippen LogP contribution is -2.48. The molecule has 0 aromatic heterocycles. The molecule has 96 valence electrons. The summed E-state index contributed by atoms with van der Waals surface area (Å²) < 4.78 is 5.52. The zero-order valence-corrected chi connectivity index (χ0v) is 11.5. The molecule has 1 rings (SSSR count). The van der Waals surface area contributed by atoms with Gasteiger partial charge in [-0.1, -0.05) is 6.92 Å². The van der Waals surface area contributed by atoms with Crippen molar-refractivity contribution in [1.82, 2.24) is 10.2 Å². The summed E-state index contributed by atoms with van der Waals surface area (Å²) in [5.74, 6) is 0.705. The standard InChI is InChI=1S/C13H28N2O/c1-11-6-8-15(10-12(11)16-5)9-7-14-13(2,3)4/h11-12,14H,6-10H2,1-5H3. The molecule has 2 unspecified atom stereocenters. The Bertz CT molecular complexity index is 201. The Labute approximate surface area is 101 Å². The Morgan fingerprint density at radius 1 is 1.38 bits per heavy atom. The molecule has 0 amide bonds. The van der Waals surface area contributed by atoms with Gasteiger partial charge in [-0.2, -0.15) is 0 Å². The SMILES string of the molecule is COC1CN(CCNC(C)(C)C)CCC1C. The highest BCUT2D eigenvalue weighted by Gasteiger charge is 2.25. The van der Waals surface area contributed by atoms with Crippen molar-refractivity contribution in [3.8, 4) is 0 Å². The van der Waals surface area contributed by atoms with Gasteiger partial charge in [0.15, 0.2) is 0 Å². The second-order valence-corrected chi connectivity index (χ2v) is 6.02. The van der Waals surface area contributed by atoms with Gasteiger partial charge in [-0.15, -0.1) is 0 Å². The second kappa shape index (κ2) is 5.99. The smallest absolute Gasteiger partial charge is 0.0724 e. The molecule has 16 heavy (non-hydrogen) atoms. The molecule has 3 heteroatoms. The summed E-state index contributed by atoms with van der Waals surface area (Å²) in [6, 6.07) is 0. The highest BCUT2D eigenvalue weighted by molar-refractivity contribution is 4.79. The van der Waals surface area contributed by atoms with Crippen molar-refractivity contribution in [1.29, 1.82) is 0 Å². The van der Waals surface area contributed by atoms with Crippen LogP contribution in [0.5, 0.6) is 0 Å². The average molecular weight is 228 g/mol. The lowest BCUT2D eigenvalue weighted by molar-refractivity contribution is -0.00476. The Morgan fingerprint density at radius 3 is 2.62 bits per heavy atom. The van der Waals surface area contributed by atoms with Gasteiger partial charge in [0.25, 0.3) is 0 Å². The summed E-state index contributed by atoms with van der Waals surface area (Å²) in [6.45, 7) is 13.4. The lowest BCUT2D eigenvalue weighted by atomic mass is 9.96. The molecule has 0 aliphatic carbocycles. The van der Waals surface area contributed by atoms with Crippen LogP contribution in [0.15, 0.2) is 0 Å². The first-order valence-electron chi connectivity index (χ1n) is 6.42. The molecule has 1 fully saturated rings. The largest absolute Gasteiger partial charge is 0.380 e. The van der Waals surface area contributed by atoms with E-state index in [0.29, 0.717) is 12.0 Å². The number of ether oxygens (including phenoxy) is 1. The zero-order chi connectivity index (χ0) is 12.2. The van der Waals surface area contributed by atoms with Gasteiger partial charge < -0.3 is 10.1 Å². The Morgan fingerprint density at radius 2 is 2.06 bits per heavy atom. The van der Waals surface area contributed by atoms with Gasteiger partial charge >= 0.3 is 0 Å². The van der Waals surface area contributed by atoms with Crippen molar-refractivity contribution in [3.63, 3.8) is 0 Å². The van der Waals surface area contributed by atoms with E-state index < -0.39 is 0 Å². The molecular weight excluding hydrogens is 200 g/mol. The molecular formula is C13H28N2O. The molecule has 0 bridgehead atoms. The van der Waals surface area contributed by atoms with E-state index in [0.717, 1.165) is 19.6 Å². The monoisotopic (exact) mass is 228 g/mol. The van der Waals surface area contributed by atoms with E-state index in [4.69, 9.17) is 4.74 Å². The number of piperidine rings is 1. The fourth-order valence-electron chi connectivity index (χ4n) is 2.20. The zero-order valence-electron chi connectivity index (χ0n) is 11.5. The van der Waals surface area contributed by atoms with Gasteiger partial charge in [0.2, 0.25) is 0 Å². The summed E-state index contributed by atoms with van der Waals surface area (Å²) >= 11 is 0. The number of likely N-dealkylation sites (tertiary alicyclic amines) is 1. The van der Waals surface area contributed by atoms with E-state index in [2.05, 4.69) is 37.9 Å². The van der Waals surface area contributed by atoms with Crippen LogP contribution in [0, 0.1) is 5.92 Å². The van der Waals surface area contributed by atoms with E-state index in [9.17, 15) is 0 Å². The second-order valence-electron chi connectivity index (χ2n) is 6.02. The minimum atomic E-state index is 0.226. The first-order valence-corrected chi connectivity index (χ1v) is 6.42. The van der Waals surface area contributed by atoms with E-state index >= 15 is 0 Å². The molecule has 0 saturated carbocycles. The van der Waals surface area contributed by atoms with Crippen molar-refractivity contribution < 1.29 is 4.74 Å². The summed E-state index contributed by atoms with van der Waals surface area (Å²) in [5, 5.41) is 3.53. The first kappa shape index (κ1) is 13.9. The van der Waals surface area contributed by atoms with Crippen molar-refractivity contribution in [2.24, 2.45) is 5.92 Å². The summed E-state index contributed by atoms with van der Waals surface area (Å²) in [6.07, 6.45) is 1.68. The summed E-state index contributed by atoms with van der Waals surface area (Å²) in [4.78, 5) is 2.51. The van der Waals surface area contributed by atoms with E-state index in [1.807, 2.05) is 7.11 Å². The van der Waals surface area contributed by atoms with Crippen LogP contribution < -0.4 is 5.32 Å². The van der Waals surface area contributed by atoms with Crippen LogP contribution in [0.2, 0.25) is 0 Å². The Balaban J connectivity index is 2.23. The average Bonchev–Trinajstić information content (AvgIpc) is 2.18. The first-order chi connectivity index (χ1) is 7.42. The van der Waals surface area contributed by atoms with Crippen molar-refractivity contribution in [2.75, 3.05) is 33.3 Å². The van der Waals surface area contributed by atoms with Crippen LogP contribution in [-0.2, 0) is 4.74 Å². The van der Waals surface area contributed by atoms with Crippen LogP contribution in [0.4, 0.5) is 0 Å². The number of hydrogen-bond acceptors (Lipinski definition) is 3. The minimum Gasteiger partial charge on any atom is -0.380 e. The number of nitrogens with zero attached hydrogens (tertiary/aromatic N) is 1. The van der Waals surface area contributed by atoms with Gasteiger partial charge in [-0.05, 0) is 39.7 Å². The number of methoxy groups -OCH3 is 1. The molecule has 0 aromatic carbocycles. The fourth-order valence-corrected chi connectivity index (χ4v) is 2.20. The van der Waals surface area contributed by atoms with Crippen LogP contribution in [0.3, 0.4) is 0 Å². The van der Waals surface area contributed by atoms with Crippen LogP contribution in [-0.4, -0.2) is 49.8 Å². The molecule has 0 spiro atoms. The highest BCUT2D eigenvalue weighted by atomic mass is 16.5. The van der Waals surface area contributed by atoms with Crippen molar-refractivity contribution >= 4 is 0 Å². The third-order valence-electron chi connectivity index (χ3n) is 3.36. The molecule has 1 aliphatic heterocycles. The molecule has 1 heterocycles. The molecule has 1 saturated heterocycles. The maximum atomic E-state index is 5.52. The van der Waals surface area contributed by atoms with Gasteiger partial charge in [0.05, 0.1) is 6.10 Å². The Kier molecular flexibility index (Phi) is 5.22. The van der Waals surface area contributed by atoms with E-state index in [1.54, 1.807) is 0 Å². The van der Waals surface area contributed by atoms with Gasteiger partial charge in [0.1, 0.15) is 0 Å². The third-order valence-corrected chi connectivity index (χ3v) is 3.36. The predicted molar refractivity (Wildman–Crippen MR) is 68.8 cm³/mol. The quantitative estimate of drug-likeness (QED) is 0.793. The number of hydrogen-bond donors (Lipinski definition) is 1. The number of nitrogens with one attached hydrogen (secondary N) is 1. The topological polar surface area (TPSA) is 24.5 Å². The van der Waals surface area contributed by atoms with Crippen molar-refractivity contribution in [2.45, 2.75) is 45.8 Å². The normalized spacial score (nSPS) is 28.3. The summed E-state index contributed by atoms with van der Waals surface area (Å²) in [7, 11) is 1.83. The molecule has 0 radical (unpaired) electrons. The fraction of sp³-hybridized carbons (Fsp3) is 1.00. The van der Waals surface area contributed by atoms with Gasteiger partial charge in [-0.25, -0.2) is 0 Å². The van der Waals surface area contributed by atoms with Crippen LogP contribution in [0.25, 0.3) is 0 Å². The number of rotatable bonds is 4. The Hall–Kier alpha value is -0.120. The van der Waals surface area contributed by atoms with Crippen LogP contribution in [0.1, 0.15) is 34.1 Å². The third kappa shape index (κ3) is 4.81. The van der Waals surface area contributed by atoms with E-state index in [-0.39, 0.29) is 5.54 Å². The minimum absolute atomic E-state index is 0.226. The maximum Gasteiger partial charge on any atom is 0.0724 e. The lowest BCUT2D eigenvalue weighted by Gasteiger charge is -2.36. The molecule has 3 nitrogen and oxygen atoms in total. The van der Waals surface area contributed by atoms with Crippen molar-refractivity contribution in [3.05, 3.63) is 0 Å². The predicted octanol–water partition coefficient (Wildman–Crippen LogP) is 1.73. The molecule has 1 N–H and O–H groups in total. The highest BCUT2D eigenvalue weighted by Crippen LogP contribution is 2.18. The van der Waals surface area contributed by atoms with Gasteiger partial charge in [0, 0.05) is 32.3 Å². The summed E-state index contributed by atoms with van der Waals surface area (Å²) in [5.41, 5.74) is 0.226. The van der Waals surface area contributed by atoms with E-state index in [1.165, 1.54) is 13.0 Å². The van der Waals surface area contributed by atoms with Crippen LogP contribution >= 0.6 is 0 Å². The maximum absolute atomic E-state index is 5.52.